The Balaban J connectivity index is 1.85. The number of benzene rings is 1. The molecule has 112 valence electrons. The first-order valence-corrected chi connectivity index (χ1v) is 10.3. The number of alkyl halides is 1. The maximum atomic E-state index is 6.30. The summed E-state index contributed by atoms with van der Waals surface area (Å²) >= 11 is 5.78. The summed E-state index contributed by atoms with van der Waals surface area (Å²) in [5.41, 5.74) is 1.49. The molecule has 0 radical (unpaired) electrons. The molecule has 1 aromatic carbocycles. The minimum atomic E-state index is -0.229. The van der Waals surface area contributed by atoms with Crippen molar-refractivity contribution in [2.24, 2.45) is 0 Å². The fraction of sp³-hybridized carbons (Fsp3) is 0.647. The van der Waals surface area contributed by atoms with Crippen molar-refractivity contribution in [3.05, 3.63) is 35.9 Å². The molecule has 2 rings (SSSR count). The van der Waals surface area contributed by atoms with Crippen molar-refractivity contribution in [1.82, 2.24) is 0 Å². The summed E-state index contributed by atoms with van der Waals surface area (Å²) in [6.45, 7) is 0.983. The minimum absolute atomic E-state index is 0.229. The molecule has 0 bridgehead atoms. The van der Waals surface area contributed by atoms with Crippen LogP contribution in [0.25, 0.3) is 0 Å². The van der Waals surface area contributed by atoms with Crippen molar-refractivity contribution in [3.63, 3.8) is 0 Å². The Bertz CT molecular complexity index is 363. The van der Waals surface area contributed by atoms with Gasteiger partial charge in [-0.1, -0.05) is 48.7 Å². The highest BCUT2D eigenvalue weighted by atomic mass is 35.5. The van der Waals surface area contributed by atoms with Crippen LogP contribution in [0.3, 0.4) is 0 Å². The summed E-state index contributed by atoms with van der Waals surface area (Å²) in [6, 6.07) is 12.2. The van der Waals surface area contributed by atoms with Crippen LogP contribution in [-0.2, 0) is 10.8 Å². The van der Waals surface area contributed by atoms with Gasteiger partial charge in [0.15, 0.2) is 0 Å². The van der Waals surface area contributed by atoms with E-state index in [4.69, 9.17) is 16.3 Å². The van der Waals surface area contributed by atoms with E-state index in [1.54, 1.807) is 0 Å². The van der Waals surface area contributed by atoms with Gasteiger partial charge in [0.2, 0.25) is 0 Å². The van der Waals surface area contributed by atoms with Gasteiger partial charge in [0.25, 0.3) is 0 Å². The molecule has 0 spiro atoms. The predicted octanol–water partition coefficient (Wildman–Crippen LogP) is 4.05. The highest BCUT2D eigenvalue weighted by molar-refractivity contribution is 6.39. The molecule has 1 saturated heterocycles. The van der Waals surface area contributed by atoms with Crippen LogP contribution in [0.1, 0.15) is 50.5 Å². The molecule has 0 aliphatic carbocycles. The summed E-state index contributed by atoms with van der Waals surface area (Å²) in [4.78, 5) is 0. The molecule has 1 heterocycles. The van der Waals surface area contributed by atoms with Crippen molar-refractivity contribution in [1.29, 1.82) is 0 Å². The lowest BCUT2D eigenvalue weighted by Gasteiger charge is -2.38. The van der Waals surface area contributed by atoms with E-state index >= 15 is 0 Å². The monoisotopic (exact) mass is 310 g/mol. The lowest BCUT2D eigenvalue weighted by atomic mass is 10.0. The Morgan fingerprint density at radius 3 is 2.65 bits per heavy atom. The molecular formula is C17H27ClOSi. The fourth-order valence-corrected chi connectivity index (χ4v) is 5.72. The topological polar surface area (TPSA) is 9.23 Å². The first-order valence-electron chi connectivity index (χ1n) is 8.08. The molecule has 0 saturated carbocycles. The van der Waals surface area contributed by atoms with Crippen molar-refractivity contribution < 1.29 is 4.74 Å². The first kappa shape index (κ1) is 16.1. The van der Waals surface area contributed by atoms with E-state index in [0.29, 0.717) is 0 Å². The zero-order valence-electron chi connectivity index (χ0n) is 12.5. The van der Waals surface area contributed by atoms with E-state index in [2.05, 4.69) is 30.3 Å². The smallest absolute Gasteiger partial charge is 0.0638 e. The van der Waals surface area contributed by atoms with E-state index in [1.807, 2.05) is 0 Å². The van der Waals surface area contributed by atoms with Gasteiger partial charge >= 0.3 is 0 Å². The Labute approximate surface area is 130 Å². The van der Waals surface area contributed by atoms with Crippen LogP contribution in [-0.4, -0.2) is 27.2 Å². The average Bonchev–Trinajstić information content (AvgIpc) is 2.52. The normalized spacial score (nSPS) is 23.4. The summed E-state index contributed by atoms with van der Waals surface area (Å²) in [5.74, 6) is 0.801. The lowest BCUT2D eigenvalue weighted by Crippen LogP contribution is -2.43. The SMILES string of the molecule is ClCCCCCC1([SiH2]Cc2ccccc2)CCCCO1. The molecule has 1 aromatic rings. The van der Waals surface area contributed by atoms with Crippen molar-refractivity contribution in [3.8, 4) is 0 Å². The van der Waals surface area contributed by atoms with E-state index in [0.717, 1.165) is 18.9 Å². The third-order valence-electron chi connectivity index (χ3n) is 4.41. The Kier molecular flexibility index (Phi) is 7.12. The predicted molar refractivity (Wildman–Crippen MR) is 90.4 cm³/mol. The molecule has 1 atom stereocenters. The second kappa shape index (κ2) is 8.86. The zero-order valence-corrected chi connectivity index (χ0v) is 14.6. The van der Waals surface area contributed by atoms with Crippen LogP contribution in [0.15, 0.2) is 30.3 Å². The summed E-state index contributed by atoms with van der Waals surface area (Å²) in [5, 5.41) is 0.278. The molecule has 1 aliphatic heterocycles. The molecule has 20 heavy (non-hydrogen) atoms. The third-order valence-corrected chi connectivity index (χ3v) is 7.33. The standard InChI is InChI=1S/C17H27ClOSi/c18-13-7-2-5-11-17(12-6-8-14-19-17)20-15-16-9-3-1-4-10-16/h1,3-4,9-10H,2,5-8,11-15,20H2. The molecule has 1 fully saturated rings. The highest BCUT2D eigenvalue weighted by Crippen LogP contribution is 2.30. The number of ether oxygens (including phenoxy) is 1. The number of hydrogen-bond donors (Lipinski definition) is 0. The number of halogens is 1. The van der Waals surface area contributed by atoms with Gasteiger partial charge in [-0.25, -0.2) is 0 Å². The molecule has 1 aliphatic rings. The molecule has 0 amide bonds. The van der Waals surface area contributed by atoms with Gasteiger partial charge in [0.1, 0.15) is 0 Å². The fourth-order valence-electron chi connectivity index (χ4n) is 3.16. The molecule has 3 heteroatoms. The second-order valence-corrected chi connectivity index (χ2v) is 8.64. The molecule has 0 aromatic heterocycles. The largest absolute Gasteiger partial charge is 0.379 e. The summed E-state index contributed by atoms with van der Waals surface area (Å²) in [6.07, 6.45) is 8.87. The molecule has 0 N–H and O–H groups in total. The Morgan fingerprint density at radius 1 is 1.10 bits per heavy atom. The zero-order chi connectivity index (χ0) is 14.1. The average molecular weight is 311 g/mol. The number of hydrogen-bond acceptors (Lipinski definition) is 1. The Morgan fingerprint density at radius 2 is 1.95 bits per heavy atom. The van der Waals surface area contributed by atoms with Crippen LogP contribution >= 0.6 is 11.6 Å². The van der Waals surface area contributed by atoms with Crippen LogP contribution in [0, 0.1) is 0 Å². The van der Waals surface area contributed by atoms with Gasteiger partial charge in [-0.15, -0.1) is 11.6 Å². The van der Waals surface area contributed by atoms with Gasteiger partial charge in [-0.3, -0.25) is 0 Å². The van der Waals surface area contributed by atoms with Gasteiger partial charge in [-0.05, 0) is 38.1 Å². The summed E-state index contributed by atoms with van der Waals surface area (Å²) in [7, 11) is -0.229. The lowest BCUT2D eigenvalue weighted by molar-refractivity contribution is -0.0269. The molecule has 1 nitrogen and oxygen atoms in total. The van der Waals surface area contributed by atoms with E-state index in [-0.39, 0.29) is 14.7 Å². The highest BCUT2D eigenvalue weighted by Gasteiger charge is 2.32. The molecular weight excluding hydrogens is 284 g/mol. The quantitative estimate of drug-likeness (QED) is 0.400. The van der Waals surface area contributed by atoms with Crippen molar-refractivity contribution in [2.45, 2.75) is 56.2 Å². The first-order chi connectivity index (χ1) is 9.85. The Hall–Kier alpha value is -0.313. The van der Waals surface area contributed by atoms with E-state index < -0.39 is 0 Å². The second-order valence-electron chi connectivity index (χ2n) is 5.97. The van der Waals surface area contributed by atoms with Crippen LogP contribution in [0.5, 0.6) is 0 Å². The maximum absolute atomic E-state index is 6.30. The van der Waals surface area contributed by atoms with Crippen LogP contribution < -0.4 is 0 Å². The van der Waals surface area contributed by atoms with Crippen LogP contribution in [0.4, 0.5) is 0 Å². The van der Waals surface area contributed by atoms with Gasteiger partial charge in [0, 0.05) is 12.5 Å². The molecule has 1 unspecified atom stereocenters. The number of unbranched alkanes of at least 4 members (excludes halogenated alkanes) is 2. The summed E-state index contributed by atoms with van der Waals surface area (Å²) < 4.78 is 6.30. The van der Waals surface area contributed by atoms with E-state index in [9.17, 15) is 0 Å². The van der Waals surface area contributed by atoms with Gasteiger partial charge in [-0.2, -0.15) is 0 Å². The van der Waals surface area contributed by atoms with E-state index in [1.165, 1.54) is 50.1 Å². The van der Waals surface area contributed by atoms with Crippen molar-refractivity contribution >= 4 is 21.1 Å². The third kappa shape index (κ3) is 5.23. The van der Waals surface area contributed by atoms with Gasteiger partial charge < -0.3 is 4.74 Å². The van der Waals surface area contributed by atoms with Crippen molar-refractivity contribution in [2.75, 3.05) is 12.5 Å². The maximum Gasteiger partial charge on any atom is 0.0638 e. The number of rotatable bonds is 8. The van der Waals surface area contributed by atoms with Crippen LogP contribution in [0.2, 0.25) is 0 Å². The van der Waals surface area contributed by atoms with Gasteiger partial charge in [0.05, 0.1) is 14.7 Å². The minimum Gasteiger partial charge on any atom is -0.379 e.